The highest BCUT2D eigenvalue weighted by Gasteiger charge is 2.51. The molecular weight excluding hydrogens is 755 g/mol. The summed E-state index contributed by atoms with van der Waals surface area (Å²) >= 11 is 1.87. The maximum Gasteiger partial charge on any atom is 0.0726 e. The second-order valence-electron chi connectivity index (χ2n) is 16.4. The van der Waals surface area contributed by atoms with Crippen molar-refractivity contribution in [3.05, 3.63) is 247 Å². The number of fused-ring (bicyclic) bond motifs is 14. The van der Waals surface area contributed by atoms with Gasteiger partial charge in [0, 0.05) is 37.1 Å². The molecule has 1 heterocycles. The van der Waals surface area contributed by atoms with Gasteiger partial charge in [-0.25, -0.2) is 0 Å². The average Bonchev–Trinajstić information content (AvgIpc) is 3.96. The third-order valence-corrected chi connectivity index (χ3v) is 14.4. The highest BCUT2D eigenvalue weighted by molar-refractivity contribution is 7.25. The van der Waals surface area contributed by atoms with E-state index in [1.165, 1.54) is 97.7 Å². The summed E-state index contributed by atoms with van der Waals surface area (Å²) in [4.78, 5) is 2.50. The largest absolute Gasteiger partial charge is 0.310 e. The van der Waals surface area contributed by atoms with Crippen LogP contribution < -0.4 is 4.90 Å². The molecule has 0 amide bonds. The van der Waals surface area contributed by atoms with Gasteiger partial charge in [0.25, 0.3) is 0 Å². The second kappa shape index (κ2) is 13.2. The molecule has 2 heteroatoms. The topological polar surface area (TPSA) is 3.24 Å². The molecular formula is C59H37NS. The van der Waals surface area contributed by atoms with E-state index >= 15 is 0 Å². The summed E-state index contributed by atoms with van der Waals surface area (Å²) in [6.07, 6.45) is 0. The Morgan fingerprint density at radius 1 is 0.328 bits per heavy atom. The van der Waals surface area contributed by atoms with E-state index in [0.29, 0.717) is 0 Å². The van der Waals surface area contributed by atoms with Gasteiger partial charge in [0.05, 0.1) is 11.1 Å². The van der Waals surface area contributed by atoms with Gasteiger partial charge in [-0.1, -0.05) is 176 Å². The minimum absolute atomic E-state index is 0.448. The van der Waals surface area contributed by atoms with Crippen molar-refractivity contribution < 1.29 is 0 Å². The minimum Gasteiger partial charge on any atom is -0.310 e. The van der Waals surface area contributed by atoms with Crippen LogP contribution in [0.2, 0.25) is 0 Å². The summed E-state index contributed by atoms with van der Waals surface area (Å²) in [5, 5.41) is 5.10. The molecule has 2 aliphatic rings. The van der Waals surface area contributed by atoms with E-state index in [1.807, 2.05) is 11.3 Å². The number of para-hydroxylation sites is 1. The summed E-state index contributed by atoms with van der Waals surface area (Å²) < 4.78 is 2.62. The number of rotatable bonds is 5. The minimum atomic E-state index is -0.448. The lowest BCUT2D eigenvalue weighted by Crippen LogP contribution is -2.26. The molecule has 10 aromatic carbocycles. The van der Waals surface area contributed by atoms with Gasteiger partial charge < -0.3 is 4.90 Å². The quantitative estimate of drug-likeness (QED) is 0.168. The third-order valence-electron chi connectivity index (χ3n) is 13.3. The molecule has 0 saturated heterocycles. The molecule has 0 fully saturated rings. The van der Waals surface area contributed by atoms with E-state index in [4.69, 9.17) is 0 Å². The van der Waals surface area contributed by atoms with Gasteiger partial charge in [0.15, 0.2) is 0 Å². The van der Waals surface area contributed by atoms with E-state index in [0.717, 1.165) is 17.1 Å². The van der Waals surface area contributed by atoms with Crippen LogP contribution in [0.25, 0.3) is 75.5 Å². The zero-order valence-electron chi connectivity index (χ0n) is 33.2. The number of hydrogen-bond donors (Lipinski definition) is 0. The molecule has 13 rings (SSSR count). The molecule has 284 valence electrons. The Morgan fingerprint density at radius 2 is 0.885 bits per heavy atom. The lowest BCUT2D eigenvalue weighted by atomic mass is 9.70. The summed E-state index contributed by atoms with van der Waals surface area (Å²) in [6.45, 7) is 0. The summed E-state index contributed by atoms with van der Waals surface area (Å²) in [7, 11) is 0. The van der Waals surface area contributed by atoms with Crippen LogP contribution >= 0.6 is 11.3 Å². The number of nitrogens with zero attached hydrogens (tertiary/aromatic N) is 1. The smallest absolute Gasteiger partial charge is 0.0726 e. The van der Waals surface area contributed by atoms with E-state index < -0.39 is 5.41 Å². The van der Waals surface area contributed by atoms with Gasteiger partial charge in [-0.05, 0) is 121 Å². The van der Waals surface area contributed by atoms with Gasteiger partial charge in [-0.3, -0.25) is 0 Å². The van der Waals surface area contributed by atoms with Crippen LogP contribution in [-0.2, 0) is 5.41 Å². The van der Waals surface area contributed by atoms with E-state index in [9.17, 15) is 0 Å². The SMILES string of the molecule is c1cc(-c2cccc3sc4ccccc4c23)cc(N(c2ccc3c(c2)C2(c4ccccc4-c4ccccc42)c2ccccc2-3)c2ccccc2-c2ccc3ccccc3c2)c1. The van der Waals surface area contributed by atoms with Crippen molar-refractivity contribution >= 4 is 59.3 Å². The van der Waals surface area contributed by atoms with E-state index in [2.05, 4.69) is 229 Å². The Morgan fingerprint density at radius 3 is 1.66 bits per heavy atom. The first-order valence-electron chi connectivity index (χ1n) is 21.1. The molecule has 11 aromatic rings. The third kappa shape index (κ3) is 4.94. The van der Waals surface area contributed by atoms with Crippen molar-refractivity contribution in [1.82, 2.24) is 0 Å². The van der Waals surface area contributed by atoms with Crippen LogP contribution in [0, 0.1) is 0 Å². The molecule has 1 spiro atoms. The van der Waals surface area contributed by atoms with Crippen LogP contribution in [0.3, 0.4) is 0 Å². The fourth-order valence-electron chi connectivity index (χ4n) is 10.7. The van der Waals surface area contributed by atoms with Gasteiger partial charge in [0.2, 0.25) is 0 Å². The number of thiophene rings is 1. The molecule has 0 N–H and O–H groups in total. The zero-order valence-corrected chi connectivity index (χ0v) is 34.0. The summed E-state index contributed by atoms with van der Waals surface area (Å²) in [5.41, 5.74) is 18.3. The Kier molecular flexibility index (Phi) is 7.46. The number of anilines is 3. The Labute approximate surface area is 359 Å². The van der Waals surface area contributed by atoms with Crippen LogP contribution in [-0.4, -0.2) is 0 Å². The normalized spacial score (nSPS) is 13.0. The fraction of sp³-hybridized carbons (Fsp3) is 0.0169. The number of benzene rings is 10. The van der Waals surface area contributed by atoms with Crippen molar-refractivity contribution in [3.63, 3.8) is 0 Å². The molecule has 61 heavy (non-hydrogen) atoms. The first-order valence-corrected chi connectivity index (χ1v) is 21.9. The molecule has 0 aliphatic heterocycles. The molecule has 0 unspecified atom stereocenters. The Bertz CT molecular complexity index is 3510. The monoisotopic (exact) mass is 791 g/mol. The van der Waals surface area contributed by atoms with Crippen molar-refractivity contribution in [2.45, 2.75) is 5.41 Å². The van der Waals surface area contributed by atoms with Gasteiger partial charge in [-0.2, -0.15) is 0 Å². The molecule has 1 aromatic heterocycles. The molecule has 0 bridgehead atoms. The van der Waals surface area contributed by atoms with Gasteiger partial charge in [0.1, 0.15) is 0 Å². The first kappa shape index (κ1) is 34.4. The lowest BCUT2D eigenvalue weighted by molar-refractivity contribution is 0.793. The Hall–Kier alpha value is -7.52. The molecule has 2 aliphatic carbocycles. The van der Waals surface area contributed by atoms with Gasteiger partial charge in [-0.15, -0.1) is 11.3 Å². The van der Waals surface area contributed by atoms with Crippen molar-refractivity contribution in [3.8, 4) is 44.5 Å². The molecule has 0 radical (unpaired) electrons. The molecule has 0 saturated carbocycles. The second-order valence-corrected chi connectivity index (χ2v) is 17.4. The van der Waals surface area contributed by atoms with E-state index in [-0.39, 0.29) is 0 Å². The lowest BCUT2D eigenvalue weighted by Gasteiger charge is -2.33. The summed E-state index contributed by atoms with van der Waals surface area (Å²) in [5.74, 6) is 0. The molecule has 0 atom stereocenters. The van der Waals surface area contributed by atoms with Crippen LogP contribution in [0.5, 0.6) is 0 Å². The first-order chi connectivity index (χ1) is 30.3. The summed E-state index contributed by atoms with van der Waals surface area (Å²) in [6, 6.07) is 83.7. The fourth-order valence-corrected chi connectivity index (χ4v) is 11.9. The van der Waals surface area contributed by atoms with Crippen LogP contribution in [0.1, 0.15) is 22.3 Å². The number of hydrogen-bond acceptors (Lipinski definition) is 2. The average molecular weight is 792 g/mol. The zero-order chi connectivity index (χ0) is 40.1. The predicted octanol–water partition coefficient (Wildman–Crippen LogP) is 16.4. The maximum absolute atomic E-state index is 2.51. The van der Waals surface area contributed by atoms with Crippen LogP contribution in [0.15, 0.2) is 224 Å². The standard InChI is InChI=1S/C59H37NS/c1-2-16-39-35-41(32-31-38(39)15-1)44-19-6-11-28-55(44)60(42-18-13-17-40(36-42)45-24-14-30-57-58(45)50-23-7-12-29-56(50)61-57)43-33-34-49-48-22-5-10-27-53(48)59(54(49)37-43)51-25-8-3-20-46(51)47-21-4-9-26-52(47)59/h1-37H. The van der Waals surface area contributed by atoms with Gasteiger partial charge >= 0.3 is 0 Å². The molecule has 1 nitrogen and oxygen atoms in total. The predicted molar refractivity (Wildman–Crippen MR) is 259 cm³/mol. The van der Waals surface area contributed by atoms with Crippen LogP contribution in [0.4, 0.5) is 17.1 Å². The Balaban J connectivity index is 1.08. The van der Waals surface area contributed by atoms with Crippen molar-refractivity contribution in [2.24, 2.45) is 0 Å². The highest BCUT2D eigenvalue weighted by atomic mass is 32.1. The van der Waals surface area contributed by atoms with Crippen molar-refractivity contribution in [2.75, 3.05) is 4.90 Å². The maximum atomic E-state index is 2.51. The van der Waals surface area contributed by atoms with Crippen molar-refractivity contribution in [1.29, 1.82) is 0 Å². The van der Waals surface area contributed by atoms with E-state index in [1.54, 1.807) is 0 Å². The highest BCUT2D eigenvalue weighted by Crippen LogP contribution is 2.63.